The number of hydrogen-bond donors (Lipinski definition) is 1. The number of aromatic amines is 1. The summed E-state index contributed by atoms with van der Waals surface area (Å²) in [5.41, 5.74) is 5.91. The second-order valence-corrected chi connectivity index (χ2v) is 8.09. The van der Waals surface area contributed by atoms with Crippen LogP contribution in [-0.4, -0.2) is 42.1 Å². The monoisotopic (exact) mass is 410 g/mol. The molecule has 0 bridgehead atoms. The van der Waals surface area contributed by atoms with E-state index in [1.807, 2.05) is 41.3 Å². The van der Waals surface area contributed by atoms with Crippen molar-refractivity contribution in [2.24, 2.45) is 0 Å². The number of rotatable bonds is 5. The maximum absolute atomic E-state index is 13.8. The van der Waals surface area contributed by atoms with Gasteiger partial charge in [0.25, 0.3) is 5.91 Å². The average molecular weight is 411 g/mol. The molecule has 4 nitrogen and oxygen atoms in total. The number of para-hydroxylation sites is 1. The van der Waals surface area contributed by atoms with Crippen molar-refractivity contribution in [1.29, 1.82) is 0 Å². The fraction of sp³-hybridized carbons (Fsp3) is 0.222. The maximum atomic E-state index is 13.8. The van der Waals surface area contributed by atoms with Crippen LogP contribution in [0.1, 0.15) is 23.3 Å². The molecule has 0 spiro atoms. The van der Waals surface area contributed by atoms with Crippen molar-refractivity contribution in [3.8, 4) is 22.3 Å². The lowest BCUT2D eigenvalue weighted by Crippen LogP contribution is -2.38. The fourth-order valence-corrected chi connectivity index (χ4v) is 4.75. The molecule has 0 unspecified atom stereocenters. The maximum Gasteiger partial charge on any atom is 0.271 e. The van der Waals surface area contributed by atoms with E-state index in [1.165, 1.54) is 0 Å². The normalized spacial score (nSPS) is 16.2. The Balaban J connectivity index is 1.71. The third-order valence-corrected chi connectivity index (χ3v) is 6.19. The quantitative estimate of drug-likeness (QED) is 0.455. The molecule has 1 N–H and O–H groups in total. The highest BCUT2D eigenvalue weighted by Gasteiger charge is 2.32. The molecule has 0 saturated carbocycles. The first-order valence-electron chi connectivity index (χ1n) is 10.8. The molecule has 1 fully saturated rings. The Kier molecular flexibility index (Phi) is 5.31. The summed E-state index contributed by atoms with van der Waals surface area (Å²) in [6.07, 6.45) is 1.99. The number of nitrogens with one attached hydrogen (secondary N) is 1. The molecule has 0 aliphatic carbocycles. The fourth-order valence-electron chi connectivity index (χ4n) is 4.75. The first kappa shape index (κ1) is 19.6. The highest BCUT2D eigenvalue weighted by molar-refractivity contribution is 6.12. The number of likely N-dealkylation sites (tertiary alicyclic amines) is 1. The van der Waals surface area contributed by atoms with Gasteiger partial charge in [-0.25, -0.2) is 0 Å². The van der Waals surface area contributed by atoms with Gasteiger partial charge in [-0.3, -0.25) is 4.79 Å². The summed E-state index contributed by atoms with van der Waals surface area (Å²) in [6.45, 7) is 1.34. The molecule has 1 amide bonds. The smallest absolute Gasteiger partial charge is 0.271 e. The van der Waals surface area contributed by atoms with E-state index in [4.69, 9.17) is 4.74 Å². The molecule has 2 heterocycles. The van der Waals surface area contributed by atoms with Gasteiger partial charge in [0.15, 0.2) is 0 Å². The average Bonchev–Trinajstić information content (AvgIpc) is 3.44. The van der Waals surface area contributed by atoms with E-state index < -0.39 is 0 Å². The number of H-pyrrole nitrogens is 1. The van der Waals surface area contributed by atoms with Crippen LogP contribution in [0.15, 0.2) is 78.9 Å². The van der Waals surface area contributed by atoms with E-state index in [9.17, 15) is 4.79 Å². The van der Waals surface area contributed by atoms with Crippen LogP contribution in [0.2, 0.25) is 0 Å². The minimum absolute atomic E-state index is 0.0496. The summed E-state index contributed by atoms with van der Waals surface area (Å²) in [5, 5.41) is 1.07. The van der Waals surface area contributed by atoms with E-state index in [0.29, 0.717) is 12.3 Å². The van der Waals surface area contributed by atoms with E-state index in [0.717, 1.165) is 52.5 Å². The second kappa shape index (κ2) is 8.40. The Labute approximate surface area is 182 Å². The van der Waals surface area contributed by atoms with Gasteiger partial charge < -0.3 is 14.6 Å². The Hall–Kier alpha value is -3.37. The molecule has 0 radical (unpaired) electrons. The number of aromatic nitrogens is 1. The van der Waals surface area contributed by atoms with Crippen molar-refractivity contribution in [3.63, 3.8) is 0 Å². The molecule has 1 aliphatic heterocycles. The molecule has 1 aromatic heterocycles. The predicted molar refractivity (Wildman–Crippen MR) is 125 cm³/mol. The molecular weight excluding hydrogens is 384 g/mol. The van der Waals surface area contributed by atoms with Crippen LogP contribution < -0.4 is 0 Å². The zero-order chi connectivity index (χ0) is 21.2. The van der Waals surface area contributed by atoms with Gasteiger partial charge >= 0.3 is 0 Å². The molecule has 5 rings (SSSR count). The van der Waals surface area contributed by atoms with Gasteiger partial charge in [-0.05, 0) is 24.0 Å². The molecular formula is C27H26N2O2. The molecule has 31 heavy (non-hydrogen) atoms. The number of methoxy groups -OCH3 is 1. The third-order valence-electron chi connectivity index (χ3n) is 6.19. The number of carbonyl (C=O) groups is 1. The summed E-state index contributed by atoms with van der Waals surface area (Å²) in [4.78, 5) is 19.3. The van der Waals surface area contributed by atoms with Crippen molar-refractivity contribution in [2.75, 3.05) is 20.3 Å². The number of ether oxygens (including phenoxy) is 1. The van der Waals surface area contributed by atoms with Crippen LogP contribution in [0, 0.1) is 0 Å². The van der Waals surface area contributed by atoms with Gasteiger partial charge in [0.05, 0.1) is 18.2 Å². The SMILES string of the molecule is COC[C@@H]1CCCN1C(=O)c1[nH]c2c(-c3ccccc3)cccc2c1-c1ccccc1. The van der Waals surface area contributed by atoms with E-state index in [1.54, 1.807) is 7.11 Å². The van der Waals surface area contributed by atoms with E-state index in [-0.39, 0.29) is 11.9 Å². The highest BCUT2D eigenvalue weighted by atomic mass is 16.5. The van der Waals surface area contributed by atoms with Crippen LogP contribution in [0.5, 0.6) is 0 Å². The third kappa shape index (κ3) is 3.53. The van der Waals surface area contributed by atoms with Gasteiger partial charge in [0.1, 0.15) is 5.69 Å². The number of hydrogen-bond acceptors (Lipinski definition) is 2. The molecule has 3 aromatic carbocycles. The Morgan fingerprint density at radius 1 is 0.968 bits per heavy atom. The van der Waals surface area contributed by atoms with Crippen molar-refractivity contribution < 1.29 is 9.53 Å². The zero-order valence-corrected chi connectivity index (χ0v) is 17.7. The Morgan fingerprint density at radius 3 is 2.39 bits per heavy atom. The summed E-state index contributed by atoms with van der Waals surface area (Å²) in [5.74, 6) is 0.0496. The van der Waals surface area contributed by atoms with Crippen molar-refractivity contribution in [2.45, 2.75) is 18.9 Å². The summed E-state index contributed by atoms with van der Waals surface area (Å²) < 4.78 is 5.39. The minimum atomic E-state index is 0.0496. The van der Waals surface area contributed by atoms with Crippen LogP contribution in [0.3, 0.4) is 0 Å². The lowest BCUT2D eigenvalue weighted by Gasteiger charge is -2.24. The van der Waals surface area contributed by atoms with Crippen LogP contribution in [0.25, 0.3) is 33.2 Å². The van der Waals surface area contributed by atoms with Gasteiger partial charge in [-0.15, -0.1) is 0 Å². The predicted octanol–water partition coefficient (Wildman–Crippen LogP) is 5.75. The molecule has 4 heteroatoms. The first-order chi connectivity index (χ1) is 15.3. The van der Waals surface area contributed by atoms with Crippen LogP contribution >= 0.6 is 0 Å². The summed E-state index contributed by atoms with van der Waals surface area (Å²) in [6, 6.07) is 26.9. The lowest BCUT2D eigenvalue weighted by molar-refractivity contribution is 0.0627. The zero-order valence-electron chi connectivity index (χ0n) is 17.7. The molecule has 1 saturated heterocycles. The number of nitrogens with zero attached hydrogens (tertiary/aromatic N) is 1. The van der Waals surface area contributed by atoms with E-state index in [2.05, 4.69) is 47.4 Å². The first-order valence-corrected chi connectivity index (χ1v) is 10.8. The van der Waals surface area contributed by atoms with Crippen LogP contribution in [-0.2, 0) is 4.74 Å². The Bertz CT molecular complexity index is 1200. The molecule has 156 valence electrons. The van der Waals surface area contributed by atoms with Gasteiger partial charge in [-0.1, -0.05) is 78.9 Å². The van der Waals surface area contributed by atoms with Gasteiger partial charge in [0, 0.05) is 30.2 Å². The van der Waals surface area contributed by atoms with Gasteiger partial charge in [0.2, 0.25) is 0 Å². The number of benzene rings is 3. The lowest BCUT2D eigenvalue weighted by atomic mass is 9.98. The van der Waals surface area contributed by atoms with Gasteiger partial charge in [-0.2, -0.15) is 0 Å². The largest absolute Gasteiger partial charge is 0.383 e. The summed E-state index contributed by atoms with van der Waals surface area (Å²) >= 11 is 0. The molecule has 1 aliphatic rings. The summed E-state index contributed by atoms with van der Waals surface area (Å²) in [7, 11) is 1.70. The topological polar surface area (TPSA) is 45.3 Å². The van der Waals surface area contributed by atoms with Crippen molar-refractivity contribution in [3.05, 3.63) is 84.6 Å². The van der Waals surface area contributed by atoms with Crippen molar-refractivity contribution >= 4 is 16.8 Å². The standard InChI is InChI=1S/C27H26N2O2/c1-31-18-21-14-9-17-29(21)27(30)26-24(20-12-6-3-7-13-20)23-16-8-15-22(25(23)28-26)19-10-4-2-5-11-19/h2-8,10-13,15-16,21,28H,9,14,17-18H2,1H3/t21-/m0/s1. The number of amides is 1. The highest BCUT2D eigenvalue weighted by Crippen LogP contribution is 2.38. The number of fused-ring (bicyclic) bond motifs is 1. The van der Waals surface area contributed by atoms with E-state index >= 15 is 0 Å². The van der Waals surface area contributed by atoms with Crippen molar-refractivity contribution in [1.82, 2.24) is 9.88 Å². The van der Waals surface area contributed by atoms with Crippen LogP contribution in [0.4, 0.5) is 0 Å². The minimum Gasteiger partial charge on any atom is -0.383 e. The number of carbonyl (C=O) groups excluding carboxylic acids is 1. The molecule has 4 aromatic rings. The second-order valence-electron chi connectivity index (χ2n) is 8.09. The molecule has 1 atom stereocenters. The Morgan fingerprint density at radius 2 is 1.68 bits per heavy atom.